The van der Waals surface area contributed by atoms with Crippen molar-refractivity contribution >= 4 is 0 Å². The van der Waals surface area contributed by atoms with Gasteiger partial charge in [-0.15, -0.1) is 15.0 Å². The molecule has 0 atom stereocenters. The van der Waals surface area contributed by atoms with Crippen molar-refractivity contribution < 1.29 is 0 Å². The lowest BCUT2D eigenvalue weighted by molar-refractivity contribution is 0.718. The Morgan fingerprint density at radius 2 is 2.00 bits per heavy atom. The number of hydrogen-bond donors (Lipinski definition) is 0. The Morgan fingerprint density at radius 1 is 1.23 bits per heavy atom. The molecule has 0 aliphatic heterocycles. The van der Waals surface area contributed by atoms with Gasteiger partial charge in [-0.3, -0.25) is 0 Å². The van der Waals surface area contributed by atoms with Gasteiger partial charge in [0.15, 0.2) is 5.82 Å². The van der Waals surface area contributed by atoms with Crippen molar-refractivity contribution in [3.8, 4) is 5.69 Å². The van der Waals surface area contributed by atoms with E-state index in [-0.39, 0.29) is 0 Å². The Balaban J connectivity index is 2.36. The normalized spacial score (nSPS) is 10.2. The lowest BCUT2D eigenvalue weighted by Crippen LogP contribution is -1.98. The highest BCUT2D eigenvalue weighted by atomic mass is 15.6. The maximum absolute atomic E-state index is 4.19. The molecule has 4 heteroatoms. The minimum Gasteiger partial charge on any atom is -0.131 e. The van der Waals surface area contributed by atoms with E-state index in [0.717, 1.165) is 17.9 Å². The first kappa shape index (κ1) is 7.91. The van der Waals surface area contributed by atoms with Crippen LogP contribution in [-0.2, 0) is 6.42 Å². The summed E-state index contributed by atoms with van der Waals surface area (Å²) in [5, 5.41) is 12.0. The number of para-hydroxylation sites is 1. The third kappa shape index (κ3) is 1.56. The summed E-state index contributed by atoms with van der Waals surface area (Å²) in [6.45, 7) is 2.01. The quantitative estimate of drug-likeness (QED) is 0.687. The average Bonchev–Trinajstić information content (AvgIpc) is 2.67. The third-order valence-corrected chi connectivity index (χ3v) is 1.76. The number of benzene rings is 1. The molecule has 2 aromatic rings. The van der Waals surface area contributed by atoms with Gasteiger partial charge in [-0.25, -0.2) is 0 Å². The van der Waals surface area contributed by atoms with E-state index in [9.17, 15) is 0 Å². The van der Waals surface area contributed by atoms with Gasteiger partial charge in [-0.05, 0) is 17.3 Å². The molecule has 0 N–H and O–H groups in total. The summed E-state index contributed by atoms with van der Waals surface area (Å²) in [6, 6.07) is 9.75. The van der Waals surface area contributed by atoms with E-state index in [2.05, 4.69) is 15.4 Å². The van der Waals surface area contributed by atoms with Crippen LogP contribution in [0.3, 0.4) is 0 Å². The Bertz CT molecular complexity index is 380. The number of hydrogen-bond acceptors (Lipinski definition) is 3. The summed E-state index contributed by atoms with van der Waals surface area (Å²) in [5.41, 5.74) is 0.940. The molecule has 2 rings (SSSR count). The van der Waals surface area contributed by atoms with Gasteiger partial charge >= 0.3 is 0 Å². The van der Waals surface area contributed by atoms with Crippen LogP contribution in [0, 0.1) is 0 Å². The van der Waals surface area contributed by atoms with E-state index in [1.165, 1.54) is 0 Å². The van der Waals surface area contributed by atoms with Crippen LogP contribution in [0.25, 0.3) is 5.69 Å². The highest BCUT2D eigenvalue weighted by molar-refractivity contribution is 5.27. The number of aryl methyl sites for hydroxylation is 1. The summed E-state index contributed by atoms with van der Waals surface area (Å²) in [4.78, 5) is 1.54. The van der Waals surface area contributed by atoms with Crippen LogP contribution >= 0.6 is 0 Å². The molecule has 0 aliphatic carbocycles. The van der Waals surface area contributed by atoms with Crippen molar-refractivity contribution in [1.29, 1.82) is 0 Å². The fourth-order valence-corrected chi connectivity index (χ4v) is 1.06. The monoisotopic (exact) mass is 174 g/mol. The third-order valence-electron chi connectivity index (χ3n) is 1.76. The van der Waals surface area contributed by atoms with Gasteiger partial charge in [0.1, 0.15) is 0 Å². The molecule has 0 fully saturated rings. The van der Waals surface area contributed by atoms with Gasteiger partial charge < -0.3 is 0 Å². The van der Waals surface area contributed by atoms with Gasteiger partial charge in [0.2, 0.25) is 0 Å². The van der Waals surface area contributed by atoms with E-state index in [1.807, 2.05) is 37.3 Å². The first-order valence-corrected chi connectivity index (χ1v) is 4.24. The molecule has 4 nitrogen and oxygen atoms in total. The molecule has 0 unspecified atom stereocenters. The summed E-state index contributed by atoms with van der Waals surface area (Å²) in [7, 11) is 0. The lowest BCUT2D eigenvalue weighted by Gasteiger charge is -1.94. The number of rotatable bonds is 2. The minimum absolute atomic E-state index is 0.767. The molecule has 0 saturated heterocycles. The summed E-state index contributed by atoms with van der Waals surface area (Å²) < 4.78 is 0. The smallest absolute Gasteiger partial charge is 0.131 e. The molecule has 0 saturated carbocycles. The molecule has 0 aliphatic rings. The topological polar surface area (TPSA) is 43.6 Å². The summed E-state index contributed by atoms with van der Waals surface area (Å²) in [6.07, 6.45) is 0.812. The first-order chi connectivity index (χ1) is 6.40. The van der Waals surface area contributed by atoms with Gasteiger partial charge in [0.05, 0.1) is 5.69 Å². The highest BCUT2D eigenvalue weighted by Gasteiger charge is 2.00. The fraction of sp³-hybridized carbons (Fsp3) is 0.222. The molecule has 66 valence electrons. The van der Waals surface area contributed by atoms with Crippen molar-refractivity contribution in [3.63, 3.8) is 0 Å². The van der Waals surface area contributed by atoms with Crippen LogP contribution in [0.4, 0.5) is 0 Å². The molecule has 1 aromatic heterocycles. The zero-order valence-corrected chi connectivity index (χ0v) is 7.38. The van der Waals surface area contributed by atoms with Crippen molar-refractivity contribution in [1.82, 2.24) is 20.2 Å². The molecule has 0 spiro atoms. The van der Waals surface area contributed by atoms with E-state index in [1.54, 1.807) is 4.80 Å². The van der Waals surface area contributed by atoms with Gasteiger partial charge in [-0.1, -0.05) is 25.1 Å². The molecule has 13 heavy (non-hydrogen) atoms. The SMILES string of the molecule is CCc1nnn(-c2ccccc2)n1. The molecular formula is C9H10N4. The van der Waals surface area contributed by atoms with Crippen LogP contribution in [0.5, 0.6) is 0 Å². The van der Waals surface area contributed by atoms with Crippen LogP contribution < -0.4 is 0 Å². The summed E-state index contributed by atoms with van der Waals surface area (Å²) >= 11 is 0. The molecule has 0 amide bonds. The molecule has 0 radical (unpaired) electrons. The standard InChI is InChI=1S/C9H10N4/c1-2-9-10-12-13(11-9)8-6-4-3-5-7-8/h3-7H,2H2,1H3. The number of tetrazole rings is 1. The average molecular weight is 174 g/mol. The maximum atomic E-state index is 4.19. The van der Waals surface area contributed by atoms with Gasteiger partial charge in [0.25, 0.3) is 0 Å². The lowest BCUT2D eigenvalue weighted by atomic mass is 10.3. The molecule has 1 heterocycles. The Kier molecular flexibility index (Phi) is 2.04. The fourth-order valence-electron chi connectivity index (χ4n) is 1.06. The van der Waals surface area contributed by atoms with E-state index < -0.39 is 0 Å². The van der Waals surface area contributed by atoms with Crippen LogP contribution in [0.1, 0.15) is 12.7 Å². The van der Waals surface area contributed by atoms with Gasteiger partial charge in [0, 0.05) is 6.42 Å². The van der Waals surface area contributed by atoms with E-state index in [4.69, 9.17) is 0 Å². The Hall–Kier alpha value is -1.71. The van der Waals surface area contributed by atoms with Gasteiger partial charge in [-0.2, -0.15) is 0 Å². The largest absolute Gasteiger partial charge is 0.174 e. The second-order valence-corrected chi connectivity index (χ2v) is 2.68. The predicted molar refractivity (Wildman–Crippen MR) is 48.5 cm³/mol. The van der Waals surface area contributed by atoms with Crippen LogP contribution in [0.2, 0.25) is 0 Å². The minimum atomic E-state index is 0.767. The number of nitrogens with zero attached hydrogens (tertiary/aromatic N) is 4. The Morgan fingerprint density at radius 3 is 2.62 bits per heavy atom. The maximum Gasteiger partial charge on any atom is 0.174 e. The van der Waals surface area contributed by atoms with Crippen molar-refractivity contribution in [2.24, 2.45) is 0 Å². The molecule has 0 bridgehead atoms. The second kappa shape index (κ2) is 3.35. The van der Waals surface area contributed by atoms with E-state index >= 15 is 0 Å². The zero-order chi connectivity index (χ0) is 9.10. The Labute approximate surface area is 76.2 Å². The van der Waals surface area contributed by atoms with Crippen molar-refractivity contribution in [2.75, 3.05) is 0 Å². The summed E-state index contributed by atoms with van der Waals surface area (Å²) in [5.74, 6) is 0.767. The van der Waals surface area contributed by atoms with Crippen LogP contribution in [0.15, 0.2) is 30.3 Å². The van der Waals surface area contributed by atoms with E-state index in [0.29, 0.717) is 0 Å². The van der Waals surface area contributed by atoms with Crippen molar-refractivity contribution in [3.05, 3.63) is 36.2 Å². The first-order valence-electron chi connectivity index (χ1n) is 4.24. The number of aromatic nitrogens is 4. The van der Waals surface area contributed by atoms with Crippen molar-refractivity contribution in [2.45, 2.75) is 13.3 Å². The molecular weight excluding hydrogens is 164 g/mol. The zero-order valence-electron chi connectivity index (χ0n) is 7.38. The second-order valence-electron chi connectivity index (χ2n) is 2.68. The predicted octanol–water partition coefficient (Wildman–Crippen LogP) is 1.22. The van der Waals surface area contributed by atoms with Crippen LogP contribution in [-0.4, -0.2) is 20.2 Å². The molecule has 1 aromatic carbocycles. The highest BCUT2D eigenvalue weighted by Crippen LogP contribution is 2.02.